The number of rotatable bonds is 1. The molecule has 0 nitrogen and oxygen atoms in total. The Morgan fingerprint density at radius 3 is 1.91 bits per heavy atom. The second-order valence-corrected chi connectivity index (χ2v) is 15.8. The minimum atomic E-state index is -0.250. The van der Waals surface area contributed by atoms with Gasteiger partial charge in [-0.3, -0.25) is 0 Å². The van der Waals surface area contributed by atoms with Gasteiger partial charge in [0.05, 0.1) is 0 Å². The molecule has 0 spiro atoms. The van der Waals surface area contributed by atoms with Crippen molar-refractivity contribution in [3.8, 4) is 0 Å². The van der Waals surface area contributed by atoms with Crippen LogP contribution in [0.1, 0.15) is 5.56 Å². The van der Waals surface area contributed by atoms with Crippen molar-refractivity contribution in [3.63, 3.8) is 0 Å². The molecule has 1 aromatic rings. The van der Waals surface area contributed by atoms with Crippen molar-refractivity contribution >= 4 is 33.3 Å². The first-order valence-corrected chi connectivity index (χ1v) is 17.0. The fraction of sp³-hybridized carbons (Fsp3) is 0. The topological polar surface area (TPSA) is 0 Å². The van der Waals surface area contributed by atoms with Crippen molar-refractivity contribution in [3.05, 3.63) is 42.5 Å². The number of halogens is 2. The fourth-order valence-electron chi connectivity index (χ4n) is 0.589. The van der Waals surface area contributed by atoms with Crippen LogP contribution in [0.25, 0.3) is 6.08 Å². The Morgan fingerprint density at radius 1 is 1.18 bits per heavy atom. The van der Waals surface area contributed by atoms with Crippen molar-refractivity contribution in [2.75, 3.05) is 0 Å². The van der Waals surface area contributed by atoms with E-state index in [1.807, 2.05) is 36.4 Å². The van der Waals surface area contributed by atoms with Crippen molar-refractivity contribution in [1.29, 1.82) is 0 Å². The summed E-state index contributed by atoms with van der Waals surface area (Å²) < 4.78 is 0. The van der Waals surface area contributed by atoms with E-state index in [0.29, 0.717) is 0 Å². The molecule has 0 amide bonds. The summed E-state index contributed by atoms with van der Waals surface area (Å²) in [6.45, 7) is 3.63. The summed E-state index contributed by atoms with van der Waals surface area (Å²) in [4.78, 5) is 0. The van der Waals surface area contributed by atoms with E-state index in [2.05, 4.69) is 33.8 Å². The van der Waals surface area contributed by atoms with Crippen molar-refractivity contribution in [2.45, 2.75) is 0 Å². The van der Waals surface area contributed by atoms with Crippen LogP contribution in [0.5, 0.6) is 0 Å². The Kier molecular flexibility index (Phi) is 9.06. The molecular formula is C8H8Br2Zn. The van der Waals surface area contributed by atoms with Crippen LogP contribution >= 0.6 is 27.2 Å². The van der Waals surface area contributed by atoms with Crippen molar-refractivity contribution in [2.24, 2.45) is 0 Å². The summed E-state index contributed by atoms with van der Waals surface area (Å²) >= 11 is 6.25. The molecule has 1 rings (SSSR count). The predicted molar refractivity (Wildman–Crippen MR) is 54.4 cm³/mol. The molecule has 0 radical (unpaired) electrons. The normalized spacial score (nSPS) is 7.09. The van der Waals surface area contributed by atoms with Crippen LogP contribution in [0.2, 0.25) is 0 Å². The van der Waals surface area contributed by atoms with E-state index in [0.717, 1.165) is 0 Å². The van der Waals surface area contributed by atoms with E-state index in [1.165, 1.54) is 5.56 Å². The molecule has 0 N–H and O–H groups in total. The van der Waals surface area contributed by atoms with E-state index in [4.69, 9.17) is 0 Å². The third-order valence-electron chi connectivity index (χ3n) is 1.04. The first-order valence-electron chi connectivity index (χ1n) is 3.14. The second-order valence-electron chi connectivity index (χ2n) is 1.72. The molecule has 3 heteroatoms. The zero-order valence-corrected chi connectivity index (χ0v) is 12.3. The van der Waals surface area contributed by atoms with Crippen molar-refractivity contribution < 1.29 is 13.2 Å². The van der Waals surface area contributed by atoms with Gasteiger partial charge >= 0.3 is 40.5 Å². The summed E-state index contributed by atoms with van der Waals surface area (Å²) in [5, 5.41) is 0. The van der Waals surface area contributed by atoms with Gasteiger partial charge in [-0.2, -0.15) is 0 Å². The number of hydrogen-bond acceptors (Lipinski definition) is 0. The molecule has 0 saturated heterocycles. The van der Waals surface area contributed by atoms with Crippen LogP contribution in [0.3, 0.4) is 0 Å². The Balaban J connectivity index is 0.000000292. The molecular weight excluding hydrogens is 321 g/mol. The molecule has 0 heterocycles. The van der Waals surface area contributed by atoms with Gasteiger partial charge < -0.3 is 0 Å². The van der Waals surface area contributed by atoms with E-state index in [9.17, 15) is 0 Å². The van der Waals surface area contributed by atoms with E-state index >= 15 is 0 Å². The van der Waals surface area contributed by atoms with Gasteiger partial charge in [0.2, 0.25) is 0 Å². The summed E-state index contributed by atoms with van der Waals surface area (Å²) in [5.74, 6) is 0. The van der Waals surface area contributed by atoms with Gasteiger partial charge in [-0.05, 0) is 5.56 Å². The summed E-state index contributed by atoms with van der Waals surface area (Å²) in [5.41, 5.74) is 1.17. The summed E-state index contributed by atoms with van der Waals surface area (Å²) in [6.07, 6.45) is 1.83. The number of hydrogen-bond donors (Lipinski definition) is 0. The molecule has 0 fully saturated rings. The predicted octanol–water partition coefficient (Wildman–Crippen LogP) is 4.02. The maximum atomic E-state index is 3.63. The van der Waals surface area contributed by atoms with E-state index < -0.39 is 0 Å². The molecule has 0 aliphatic carbocycles. The Hall–Kier alpha value is 0.543. The minimum absolute atomic E-state index is 0.250. The average molecular weight is 329 g/mol. The zero-order valence-electron chi connectivity index (χ0n) is 6.13. The van der Waals surface area contributed by atoms with Gasteiger partial charge in [0.25, 0.3) is 0 Å². The molecule has 0 aliphatic rings. The second kappa shape index (κ2) is 8.64. The first kappa shape index (κ1) is 11.5. The molecule has 0 saturated carbocycles. The SMILES string of the molecule is C=Cc1ccccc1.[Br][Zn][Br]. The molecule has 0 unspecified atom stereocenters. The summed E-state index contributed by atoms with van der Waals surface area (Å²) in [6, 6.07) is 10.0. The van der Waals surface area contributed by atoms with Gasteiger partial charge in [-0.25, -0.2) is 0 Å². The monoisotopic (exact) mass is 326 g/mol. The average Bonchev–Trinajstić information content (AvgIpc) is 2.08. The van der Waals surface area contributed by atoms with Gasteiger partial charge in [0.1, 0.15) is 0 Å². The zero-order chi connectivity index (χ0) is 8.53. The van der Waals surface area contributed by atoms with Crippen LogP contribution in [-0.2, 0) is 13.2 Å². The quantitative estimate of drug-likeness (QED) is 0.683. The van der Waals surface area contributed by atoms with E-state index in [1.54, 1.807) is 0 Å². The molecule has 0 aliphatic heterocycles. The van der Waals surface area contributed by atoms with Crippen molar-refractivity contribution in [1.82, 2.24) is 0 Å². The maximum absolute atomic E-state index is 3.63. The third-order valence-corrected chi connectivity index (χ3v) is 1.04. The Labute approximate surface area is 88.4 Å². The number of benzene rings is 1. The molecule has 0 atom stereocenters. The molecule has 56 valence electrons. The first-order chi connectivity index (χ1) is 5.35. The van der Waals surface area contributed by atoms with Gasteiger partial charge in [0, 0.05) is 0 Å². The molecule has 0 aromatic heterocycles. The van der Waals surface area contributed by atoms with Crippen LogP contribution < -0.4 is 0 Å². The standard InChI is InChI=1S/C8H8.2BrH.Zn/c1-2-8-6-4-3-5-7-8;;;/h2-7H,1H2;2*1H;/q;;;+2/p-2. The Morgan fingerprint density at radius 2 is 1.64 bits per heavy atom. The Bertz CT molecular complexity index is 187. The third kappa shape index (κ3) is 6.92. The van der Waals surface area contributed by atoms with Crippen LogP contribution in [-0.4, -0.2) is 0 Å². The van der Waals surface area contributed by atoms with Crippen LogP contribution in [0, 0.1) is 0 Å². The van der Waals surface area contributed by atoms with Gasteiger partial charge in [-0.15, -0.1) is 0 Å². The van der Waals surface area contributed by atoms with Crippen LogP contribution in [0.15, 0.2) is 36.9 Å². The fourth-order valence-corrected chi connectivity index (χ4v) is 0.589. The molecule has 11 heavy (non-hydrogen) atoms. The van der Waals surface area contributed by atoms with Gasteiger partial charge in [-0.1, -0.05) is 43.0 Å². The van der Waals surface area contributed by atoms with E-state index in [-0.39, 0.29) is 13.2 Å². The van der Waals surface area contributed by atoms with Crippen LogP contribution in [0.4, 0.5) is 0 Å². The molecule has 1 aromatic carbocycles. The molecule has 0 bridgehead atoms. The van der Waals surface area contributed by atoms with Gasteiger partial charge in [0.15, 0.2) is 0 Å². The summed E-state index contributed by atoms with van der Waals surface area (Å²) in [7, 11) is 0.